The summed E-state index contributed by atoms with van der Waals surface area (Å²) in [5, 5.41) is 0. The van der Waals surface area contributed by atoms with Crippen molar-refractivity contribution in [1.82, 2.24) is 9.38 Å². The fourth-order valence-electron chi connectivity index (χ4n) is 5.21. The molecule has 0 spiro atoms. The molecule has 40 heavy (non-hydrogen) atoms. The Hall–Kier alpha value is -3.60. The minimum Gasteiger partial charge on any atom is -0.406 e. The summed E-state index contributed by atoms with van der Waals surface area (Å²) < 4.78 is 59.1. The molecule has 2 aromatic heterocycles. The first-order chi connectivity index (χ1) is 19.0. The van der Waals surface area contributed by atoms with Gasteiger partial charge in [0.25, 0.3) is 0 Å². The number of fused-ring (bicyclic) bond motifs is 1. The Morgan fingerprint density at radius 2 is 1.85 bits per heavy atom. The Balaban J connectivity index is 1.21. The molecule has 1 fully saturated rings. The summed E-state index contributed by atoms with van der Waals surface area (Å²) in [5.41, 5.74) is 3.87. The fraction of sp³-hybridized carbons (Fsp3) is 0.310. The number of piperazine rings is 1. The summed E-state index contributed by atoms with van der Waals surface area (Å²) in [6, 6.07) is 14.6. The van der Waals surface area contributed by atoms with Gasteiger partial charge in [-0.3, -0.25) is 9.20 Å². The number of hydrogen-bond donors (Lipinski definition) is 0. The van der Waals surface area contributed by atoms with E-state index >= 15 is 4.39 Å². The summed E-state index contributed by atoms with van der Waals surface area (Å²) in [6.07, 6.45) is -2.30. The number of ether oxygens (including phenoxy) is 1. The van der Waals surface area contributed by atoms with Crippen LogP contribution in [0.1, 0.15) is 35.1 Å². The van der Waals surface area contributed by atoms with E-state index in [1.54, 1.807) is 29.5 Å². The normalized spacial score (nSPS) is 16.0. The number of carbonyl (C=O) groups excluding carboxylic acids is 1. The number of carbonyl (C=O) groups is 1. The van der Waals surface area contributed by atoms with E-state index in [0.717, 1.165) is 15.7 Å². The molecule has 0 unspecified atom stereocenters. The van der Waals surface area contributed by atoms with Gasteiger partial charge in [0.1, 0.15) is 22.9 Å². The van der Waals surface area contributed by atoms with Crippen LogP contribution in [0.4, 0.5) is 28.9 Å². The molecule has 1 aliphatic rings. The van der Waals surface area contributed by atoms with Crippen LogP contribution in [0.5, 0.6) is 5.75 Å². The summed E-state index contributed by atoms with van der Waals surface area (Å²) >= 11 is 3.43. The largest absolute Gasteiger partial charge is 0.573 e. The lowest BCUT2D eigenvalue weighted by molar-refractivity contribution is -0.274. The van der Waals surface area contributed by atoms with E-state index in [2.05, 4.69) is 30.6 Å². The van der Waals surface area contributed by atoms with E-state index in [1.165, 1.54) is 18.2 Å². The molecule has 0 N–H and O–H groups in total. The SMILES string of the molecule is Cc1nc2ccc(Br)cn2c1C(=O)CCc1ccc(N2CCN(c3ccc(OC(F)(F)F)cc3)[C@@H](C)C2)c(F)c1. The zero-order valence-corrected chi connectivity index (χ0v) is 23.5. The Labute approximate surface area is 237 Å². The average Bonchev–Trinajstić information content (AvgIpc) is 3.22. The molecule has 0 radical (unpaired) electrons. The molecule has 2 aromatic carbocycles. The van der Waals surface area contributed by atoms with E-state index < -0.39 is 6.36 Å². The zero-order valence-electron chi connectivity index (χ0n) is 21.9. The topological polar surface area (TPSA) is 50.1 Å². The van der Waals surface area contributed by atoms with Crippen molar-refractivity contribution in [3.8, 4) is 5.75 Å². The molecule has 0 saturated carbocycles. The predicted octanol–water partition coefficient (Wildman–Crippen LogP) is 6.97. The van der Waals surface area contributed by atoms with Crippen molar-refractivity contribution in [2.24, 2.45) is 0 Å². The van der Waals surface area contributed by atoms with Crippen molar-refractivity contribution in [1.29, 1.82) is 0 Å². The summed E-state index contributed by atoms with van der Waals surface area (Å²) in [4.78, 5) is 21.5. The molecule has 210 valence electrons. The molecular formula is C29H27BrF4N4O2. The highest BCUT2D eigenvalue weighted by molar-refractivity contribution is 9.10. The standard InChI is InChI=1S/C29H27BrF4N4O2/c1-18-16-36(13-14-37(18)22-6-8-23(9-7-22)40-29(32,33)34)25-10-3-20(15-24(25)31)4-11-26(39)28-19(2)35-27-12-5-21(30)17-38(27)28/h3,5-10,12,15,17-18H,4,11,13-14,16H2,1-2H3/t18-/m0/s1. The lowest BCUT2D eigenvalue weighted by atomic mass is 10.0. The first-order valence-electron chi connectivity index (χ1n) is 12.8. The first-order valence-corrected chi connectivity index (χ1v) is 13.6. The number of aryl methyl sites for hydroxylation is 2. The quantitative estimate of drug-likeness (QED) is 0.165. The van der Waals surface area contributed by atoms with Gasteiger partial charge in [-0.25, -0.2) is 9.37 Å². The van der Waals surface area contributed by atoms with Crippen LogP contribution < -0.4 is 14.5 Å². The van der Waals surface area contributed by atoms with Gasteiger partial charge < -0.3 is 14.5 Å². The lowest BCUT2D eigenvalue weighted by Crippen LogP contribution is -2.52. The molecule has 11 heteroatoms. The van der Waals surface area contributed by atoms with E-state index in [0.29, 0.717) is 48.8 Å². The number of benzene rings is 2. The van der Waals surface area contributed by atoms with Crippen molar-refractivity contribution in [2.45, 2.75) is 39.1 Å². The molecule has 1 saturated heterocycles. The van der Waals surface area contributed by atoms with Gasteiger partial charge in [0.15, 0.2) is 5.78 Å². The van der Waals surface area contributed by atoms with Crippen LogP contribution in [0.25, 0.3) is 5.65 Å². The number of halogens is 5. The van der Waals surface area contributed by atoms with Gasteiger partial charge in [-0.1, -0.05) is 6.07 Å². The van der Waals surface area contributed by atoms with Crippen molar-refractivity contribution in [2.75, 3.05) is 29.4 Å². The summed E-state index contributed by atoms with van der Waals surface area (Å²) in [6.45, 7) is 5.46. The molecule has 0 amide bonds. The van der Waals surface area contributed by atoms with Crippen LogP contribution in [0, 0.1) is 12.7 Å². The maximum absolute atomic E-state index is 15.2. The van der Waals surface area contributed by atoms with E-state index in [1.807, 2.05) is 36.2 Å². The minimum atomic E-state index is -4.73. The monoisotopic (exact) mass is 618 g/mol. The van der Waals surface area contributed by atoms with Crippen molar-refractivity contribution < 1.29 is 27.1 Å². The molecule has 3 heterocycles. The number of aromatic nitrogens is 2. The molecule has 4 aromatic rings. The van der Waals surface area contributed by atoms with Crippen molar-refractivity contribution in [3.63, 3.8) is 0 Å². The second kappa shape index (κ2) is 11.1. The summed E-state index contributed by atoms with van der Waals surface area (Å²) in [5.74, 6) is -0.683. The van der Waals surface area contributed by atoms with Crippen LogP contribution in [-0.2, 0) is 6.42 Å². The second-order valence-corrected chi connectivity index (χ2v) is 10.8. The predicted molar refractivity (Wildman–Crippen MR) is 149 cm³/mol. The number of pyridine rings is 1. The maximum atomic E-state index is 15.2. The molecular weight excluding hydrogens is 592 g/mol. The number of anilines is 2. The van der Waals surface area contributed by atoms with Crippen LogP contribution in [0.2, 0.25) is 0 Å². The van der Waals surface area contributed by atoms with E-state index in [4.69, 9.17) is 0 Å². The van der Waals surface area contributed by atoms with Crippen LogP contribution in [0.3, 0.4) is 0 Å². The number of hydrogen-bond acceptors (Lipinski definition) is 5. The van der Waals surface area contributed by atoms with E-state index in [-0.39, 0.29) is 29.8 Å². The number of alkyl halides is 3. The first kappa shape index (κ1) is 27.9. The van der Waals surface area contributed by atoms with Gasteiger partial charge in [-0.15, -0.1) is 13.2 Å². The van der Waals surface area contributed by atoms with Gasteiger partial charge in [-0.05, 0) is 90.3 Å². The third-order valence-corrected chi connectivity index (χ3v) is 7.51. The van der Waals surface area contributed by atoms with E-state index in [9.17, 15) is 18.0 Å². The highest BCUT2D eigenvalue weighted by Crippen LogP contribution is 2.30. The van der Waals surface area contributed by atoms with Crippen LogP contribution >= 0.6 is 15.9 Å². The Morgan fingerprint density at radius 3 is 2.52 bits per heavy atom. The Bertz CT molecular complexity index is 1540. The highest BCUT2D eigenvalue weighted by atomic mass is 79.9. The smallest absolute Gasteiger partial charge is 0.406 e. The zero-order chi connectivity index (χ0) is 28.6. The molecule has 1 aliphatic heterocycles. The van der Waals surface area contributed by atoms with Crippen molar-refractivity contribution in [3.05, 3.63) is 88.0 Å². The van der Waals surface area contributed by atoms with Gasteiger partial charge in [0.2, 0.25) is 0 Å². The summed E-state index contributed by atoms with van der Waals surface area (Å²) in [7, 11) is 0. The van der Waals surface area contributed by atoms with Gasteiger partial charge in [0.05, 0.1) is 11.4 Å². The third kappa shape index (κ3) is 6.09. The Morgan fingerprint density at radius 1 is 1.10 bits per heavy atom. The van der Waals surface area contributed by atoms with Gasteiger partial charge in [-0.2, -0.15) is 0 Å². The van der Waals surface area contributed by atoms with Gasteiger partial charge in [0, 0.05) is 48.5 Å². The number of nitrogens with zero attached hydrogens (tertiary/aromatic N) is 4. The fourth-order valence-corrected chi connectivity index (χ4v) is 5.55. The maximum Gasteiger partial charge on any atom is 0.573 e. The third-order valence-electron chi connectivity index (χ3n) is 7.04. The average molecular weight is 619 g/mol. The minimum absolute atomic E-state index is 0.00594. The molecule has 6 nitrogen and oxygen atoms in total. The number of imidazole rings is 1. The lowest BCUT2D eigenvalue weighted by Gasteiger charge is -2.42. The van der Waals surface area contributed by atoms with Gasteiger partial charge >= 0.3 is 6.36 Å². The molecule has 0 bridgehead atoms. The van der Waals surface area contributed by atoms with Crippen molar-refractivity contribution >= 4 is 38.7 Å². The number of ketones is 1. The molecule has 1 atom stereocenters. The highest BCUT2D eigenvalue weighted by Gasteiger charge is 2.31. The second-order valence-electron chi connectivity index (χ2n) is 9.86. The van der Waals surface area contributed by atoms with Crippen LogP contribution in [-0.4, -0.2) is 47.2 Å². The number of Topliss-reactive ketones (excluding diaryl/α,β-unsaturated/α-hetero) is 1. The molecule has 0 aliphatic carbocycles. The molecule has 5 rings (SSSR count). The Kier molecular flexibility index (Phi) is 7.76. The number of rotatable bonds is 7. The van der Waals surface area contributed by atoms with Crippen LogP contribution in [0.15, 0.2) is 65.3 Å².